The van der Waals surface area contributed by atoms with Crippen molar-refractivity contribution in [3.05, 3.63) is 11.1 Å². The van der Waals surface area contributed by atoms with Crippen molar-refractivity contribution in [2.24, 2.45) is 17.3 Å². The maximum atomic E-state index is 13.1. The van der Waals surface area contributed by atoms with Gasteiger partial charge in [-0.2, -0.15) is 0 Å². The lowest BCUT2D eigenvalue weighted by Crippen LogP contribution is -2.65. The van der Waals surface area contributed by atoms with Crippen molar-refractivity contribution >= 4 is 17.5 Å². The molecule has 0 aromatic heterocycles. The maximum Gasteiger partial charge on any atom is 0.335 e. The summed E-state index contributed by atoms with van der Waals surface area (Å²) in [6.45, 7) is 3.22. The number of esters is 1. The van der Waals surface area contributed by atoms with Crippen LogP contribution in [0.1, 0.15) is 39.5 Å². The van der Waals surface area contributed by atoms with E-state index in [0.29, 0.717) is 6.42 Å². The van der Waals surface area contributed by atoms with Crippen LogP contribution in [0.25, 0.3) is 0 Å². The van der Waals surface area contributed by atoms with E-state index in [2.05, 4.69) is 0 Å². The number of carbonyl (C=O) groups excluding carboxylic acids is 3. The summed E-state index contributed by atoms with van der Waals surface area (Å²) in [5.41, 5.74) is 1.45. The van der Waals surface area contributed by atoms with Gasteiger partial charge in [0.15, 0.2) is 0 Å². The SMILES string of the molecule is CC(=O)C1CC2C3=C(CCC3)C1(C)C(=O)C21OCC(=O)O1. The van der Waals surface area contributed by atoms with E-state index in [0.717, 1.165) is 24.8 Å². The zero-order valence-electron chi connectivity index (χ0n) is 12.2. The number of ketones is 2. The van der Waals surface area contributed by atoms with Gasteiger partial charge in [0.2, 0.25) is 5.78 Å². The highest BCUT2D eigenvalue weighted by Gasteiger charge is 2.71. The fourth-order valence-corrected chi connectivity index (χ4v) is 5.02. The van der Waals surface area contributed by atoms with Gasteiger partial charge in [-0.15, -0.1) is 0 Å². The van der Waals surface area contributed by atoms with E-state index in [-0.39, 0.29) is 30.0 Å². The zero-order chi connectivity index (χ0) is 15.0. The smallest absolute Gasteiger partial charge is 0.335 e. The summed E-state index contributed by atoms with van der Waals surface area (Å²) in [5.74, 6) is -2.73. The van der Waals surface area contributed by atoms with Crippen molar-refractivity contribution in [1.82, 2.24) is 0 Å². The van der Waals surface area contributed by atoms with Crippen molar-refractivity contribution in [3.8, 4) is 0 Å². The topological polar surface area (TPSA) is 69.7 Å². The third kappa shape index (κ3) is 1.33. The second-order valence-corrected chi connectivity index (χ2v) is 6.77. The molecular formula is C16H18O5. The summed E-state index contributed by atoms with van der Waals surface area (Å²) in [6.07, 6.45) is 3.32. The second kappa shape index (κ2) is 3.83. The number of ether oxygens (including phenoxy) is 2. The Balaban J connectivity index is 1.92. The molecule has 2 fully saturated rings. The van der Waals surface area contributed by atoms with E-state index in [9.17, 15) is 14.4 Å². The minimum atomic E-state index is -1.46. The van der Waals surface area contributed by atoms with Crippen LogP contribution in [0.15, 0.2) is 11.1 Å². The molecule has 5 rings (SSSR count). The maximum absolute atomic E-state index is 13.1. The Labute approximate surface area is 122 Å². The van der Waals surface area contributed by atoms with Gasteiger partial charge in [-0.1, -0.05) is 11.1 Å². The molecule has 1 saturated carbocycles. The van der Waals surface area contributed by atoms with Crippen molar-refractivity contribution in [2.45, 2.75) is 45.3 Å². The largest absolute Gasteiger partial charge is 0.423 e. The quantitative estimate of drug-likeness (QED) is 0.541. The van der Waals surface area contributed by atoms with Gasteiger partial charge >= 0.3 is 5.97 Å². The highest BCUT2D eigenvalue weighted by atomic mass is 16.8. The number of Topliss-reactive ketones (excluding diaryl/α,β-unsaturated/α-hetero) is 2. The number of hydrogen-bond donors (Lipinski definition) is 0. The second-order valence-electron chi connectivity index (χ2n) is 6.77. The third-order valence-corrected chi connectivity index (χ3v) is 5.88. The molecule has 1 saturated heterocycles. The highest BCUT2D eigenvalue weighted by molar-refractivity contribution is 6.03. The Hall–Kier alpha value is -1.49. The Morgan fingerprint density at radius 1 is 1.29 bits per heavy atom. The van der Waals surface area contributed by atoms with E-state index < -0.39 is 17.2 Å². The van der Waals surface area contributed by atoms with Gasteiger partial charge in [0.05, 0.1) is 11.3 Å². The normalized spacial score (nSPS) is 44.5. The number of carbonyl (C=O) groups is 3. The first-order valence-electron chi connectivity index (χ1n) is 7.55. The van der Waals surface area contributed by atoms with Crippen LogP contribution in [0.5, 0.6) is 0 Å². The van der Waals surface area contributed by atoms with Crippen LogP contribution in [0.4, 0.5) is 0 Å². The molecule has 21 heavy (non-hydrogen) atoms. The molecule has 5 nitrogen and oxygen atoms in total. The Morgan fingerprint density at radius 2 is 2.05 bits per heavy atom. The number of rotatable bonds is 1. The summed E-state index contributed by atoms with van der Waals surface area (Å²) < 4.78 is 11.0. The molecule has 4 aliphatic carbocycles. The summed E-state index contributed by atoms with van der Waals surface area (Å²) in [6, 6.07) is 0. The molecule has 4 unspecified atom stereocenters. The monoisotopic (exact) mass is 290 g/mol. The molecule has 0 aromatic rings. The van der Waals surface area contributed by atoms with E-state index in [1.54, 1.807) is 6.92 Å². The zero-order valence-corrected chi connectivity index (χ0v) is 12.2. The lowest BCUT2D eigenvalue weighted by molar-refractivity contribution is -0.222. The van der Waals surface area contributed by atoms with E-state index in [1.807, 2.05) is 6.92 Å². The van der Waals surface area contributed by atoms with E-state index in [4.69, 9.17) is 9.47 Å². The number of fused-ring (bicyclic) bond motifs is 1. The minimum Gasteiger partial charge on any atom is -0.423 e. The first-order chi connectivity index (χ1) is 9.91. The number of hydrogen-bond acceptors (Lipinski definition) is 5. The predicted molar refractivity (Wildman–Crippen MR) is 71.0 cm³/mol. The van der Waals surface area contributed by atoms with Crippen LogP contribution in [-0.2, 0) is 23.9 Å². The highest BCUT2D eigenvalue weighted by Crippen LogP contribution is 2.64. The molecule has 5 heteroatoms. The third-order valence-electron chi connectivity index (χ3n) is 5.88. The molecule has 4 atom stereocenters. The van der Waals surface area contributed by atoms with Gasteiger partial charge in [-0.25, -0.2) is 4.79 Å². The van der Waals surface area contributed by atoms with Crippen molar-refractivity contribution < 1.29 is 23.9 Å². The van der Waals surface area contributed by atoms with Crippen LogP contribution in [-0.4, -0.2) is 29.9 Å². The molecule has 2 bridgehead atoms. The molecular weight excluding hydrogens is 272 g/mol. The average molecular weight is 290 g/mol. The minimum absolute atomic E-state index is 0.0356. The average Bonchev–Trinajstić information content (AvgIpc) is 3.04. The lowest BCUT2D eigenvalue weighted by Gasteiger charge is -2.55. The lowest BCUT2D eigenvalue weighted by atomic mass is 9.50. The molecule has 0 amide bonds. The molecule has 0 N–H and O–H groups in total. The molecule has 5 aliphatic rings. The van der Waals surface area contributed by atoms with Crippen LogP contribution in [0.2, 0.25) is 0 Å². The molecule has 0 radical (unpaired) electrons. The summed E-state index contributed by atoms with van der Waals surface area (Å²) in [4.78, 5) is 36.8. The van der Waals surface area contributed by atoms with Gasteiger partial charge in [0, 0.05) is 5.92 Å². The molecule has 1 aliphatic heterocycles. The predicted octanol–water partition coefficient (Wildman–Crippen LogP) is 1.55. The van der Waals surface area contributed by atoms with Gasteiger partial charge in [-0.05, 0) is 39.5 Å². The molecule has 0 aromatic carbocycles. The summed E-state index contributed by atoms with van der Waals surface area (Å²) >= 11 is 0. The van der Waals surface area contributed by atoms with E-state index in [1.165, 1.54) is 5.57 Å². The molecule has 112 valence electrons. The standard InChI is InChI=1S/C16H18O5/c1-8(17)11-6-12-9-4-3-5-10(9)15(11,2)14(19)16(12)20-7-13(18)21-16/h11-12H,3-7H2,1-2H3. The Morgan fingerprint density at radius 3 is 2.67 bits per heavy atom. The van der Waals surface area contributed by atoms with Crippen LogP contribution in [0, 0.1) is 17.3 Å². The first kappa shape index (κ1) is 13.2. The van der Waals surface area contributed by atoms with Gasteiger partial charge < -0.3 is 9.47 Å². The first-order valence-corrected chi connectivity index (χ1v) is 7.55. The molecule has 1 spiro atoms. The summed E-state index contributed by atoms with van der Waals surface area (Å²) in [7, 11) is 0. The van der Waals surface area contributed by atoms with Crippen LogP contribution < -0.4 is 0 Å². The van der Waals surface area contributed by atoms with Gasteiger partial charge in [-0.3, -0.25) is 9.59 Å². The van der Waals surface area contributed by atoms with E-state index >= 15 is 0 Å². The van der Waals surface area contributed by atoms with Crippen molar-refractivity contribution in [1.29, 1.82) is 0 Å². The number of allylic oxidation sites excluding steroid dienone is 1. The van der Waals surface area contributed by atoms with Crippen molar-refractivity contribution in [2.75, 3.05) is 6.61 Å². The van der Waals surface area contributed by atoms with Crippen LogP contribution >= 0.6 is 0 Å². The van der Waals surface area contributed by atoms with Crippen molar-refractivity contribution in [3.63, 3.8) is 0 Å². The molecule has 1 heterocycles. The Kier molecular flexibility index (Phi) is 2.40. The van der Waals surface area contributed by atoms with Crippen LogP contribution in [0.3, 0.4) is 0 Å². The summed E-state index contributed by atoms with van der Waals surface area (Å²) in [5, 5.41) is 0. The Bertz CT molecular complexity index is 618. The van der Waals surface area contributed by atoms with Gasteiger partial charge in [0.25, 0.3) is 5.79 Å². The van der Waals surface area contributed by atoms with Gasteiger partial charge in [0.1, 0.15) is 12.4 Å². The fourth-order valence-electron chi connectivity index (χ4n) is 5.02. The fraction of sp³-hybridized carbons (Fsp3) is 0.688.